The van der Waals surface area contributed by atoms with Crippen molar-refractivity contribution in [3.63, 3.8) is 0 Å². The van der Waals surface area contributed by atoms with Crippen LogP contribution in [0.1, 0.15) is 18.4 Å². The van der Waals surface area contributed by atoms with Crippen molar-refractivity contribution in [2.75, 3.05) is 13.1 Å². The molecule has 0 saturated carbocycles. The Balaban J connectivity index is 1.13. The normalized spacial score (nSPS) is 15.3. The lowest BCUT2D eigenvalue weighted by Gasteiger charge is -2.32. The molecule has 5 rings (SSSR count). The fourth-order valence-electron chi connectivity index (χ4n) is 3.61. The van der Waals surface area contributed by atoms with Crippen molar-refractivity contribution in [3.8, 4) is 16.7 Å². The van der Waals surface area contributed by atoms with Gasteiger partial charge in [0.1, 0.15) is 17.6 Å². The highest BCUT2D eigenvalue weighted by atomic mass is 32.1. The molecule has 0 atom stereocenters. The van der Waals surface area contributed by atoms with Crippen LogP contribution in [0, 0.1) is 0 Å². The molecule has 1 fully saturated rings. The second kappa shape index (κ2) is 8.77. The predicted octanol–water partition coefficient (Wildman–Crippen LogP) is 4.92. The lowest BCUT2D eigenvalue weighted by atomic mass is 10.1. The standard InChI is InChI=1S/C23H22N4O2S/c1-3-20(15-24-11-1)28-19-9-13-27(14-10-19)16-17-5-7-18(8-6-17)29-23-26-22-21(30-23)4-2-12-25-22/h1-8,11-12,15,19H,9-10,13-14,16H2. The lowest BCUT2D eigenvalue weighted by Crippen LogP contribution is -2.37. The topological polar surface area (TPSA) is 60.4 Å². The number of hydrogen-bond acceptors (Lipinski definition) is 7. The first-order valence-corrected chi connectivity index (χ1v) is 10.9. The van der Waals surface area contributed by atoms with Gasteiger partial charge in [0, 0.05) is 32.0 Å². The Labute approximate surface area is 179 Å². The number of benzene rings is 1. The molecule has 0 spiro atoms. The maximum absolute atomic E-state index is 6.03. The Morgan fingerprint density at radius 3 is 2.57 bits per heavy atom. The fraction of sp³-hybridized carbons (Fsp3) is 0.261. The molecule has 4 aromatic rings. The Bertz CT molecular complexity index is 1060. The zero-order valence-corrected chi connectivity index (χ0v) is 17.3. The number of thiazole rings is 1. The molecule has 1 aliphatic rings. The number of likely N-dealkylation sites (tertiary alicyclic amines) is 1. The van der Waals surface area contributed by atoms with Gasteiger partial charge < -0.3 is 9.47 Å². The van der Waals surface area contributed by atoms with Gasteiger partial charge >= 0.3 is 0 Å². The van der Waals surface area contributed by atoms with Gasteiger partial charge in [-0.25, -0.2) is 4.98 Å². The monoisotopic (exact) mass is 418 g/mol. The molecule has 4 heterocycles. The molecule has 152 valence electrons. The van der Waals surface area contributed by atoms with Gasteiger partial charge in [0.15, 0.2) is 5.65 Å². The van der Waals surface area contributed by atoms with Crippen LogP contribution in [0.3, 0.4) is 0 Å². The maximum Gasteiger partial charge on any atom is 0.281 e. The van der Waals surface area contributed by atoms with E-state index in [1.165, 1.54) is 16.9 Å². The van der Waals surface area contributed by atoms with Crippen molar-refractivity contribution in [2.24, 2.45) is 0 Å². The van der Waals surface area contributed by atoms with Gasteiger partial charge in [-0.15, -0.1) is 0 Å². The molecule has 6 nitrogen and oxygen atoms in total. The Morgan fingerprint density at radius 2 is 1.80 bits per heavy atom. The summed E-state index contributed by atoms with van der Waals surface area (Å²) in [5.41, 5.74) is 2.00. The number of piperidine rings is 1. The first-order valence-electron chi connectivity index (χ1n) is 10.1. The number of aromatic nitrogens is 3. The van der Waals surface area contributed by atoms with Gasteiger partial charge in [0.2, 0.25) is 0 Å². The number of rotatable bonds is 6. The molecule has 1 aromatic carbocycles. The fourth-order valence-corrected chi connectivity index (χ4v) is 4.40. The summed E-state index contributed by atoms with van der Waals surface area (Å²) in [6, 6.07) is 16.0. The van der Waals surface area contributed by atoms with E-state index in [1.54, 1.807) is 18.6 Å². The molecule has 0 aliphatic carbocycles. The molecule has 0 unspecified atom stereocenters. The second-order valence-corrected chi connectivity index (χ2v) is 8.33. The van der Waals surface area contributed by atoms with Crippen molar-refractivity contribution in [3.05, 3.63) is 72.7 Å². The number of ether oxygens (including phenoxy) is 2. The highest BCUT2D eigenvalue weighted by Gasteiger charge is 2.20. The third kappa shape index (κ3) is 4.58. The average molecular weight is 419 g/mol. The third-order valence-electron chi connectivity index (χ3n) is 5.15. The minimum atomic E-state index is 0.268. The number of fused-ring (bicyclic) bond motifs is 1. The van der Waals surface area contributed by atoms with Crippen LogP contribution in [0.4, 0.5) is 0 Å². The molecular weight excluding hydrogens is 396 g/mol. The largest absolute Gasteiger partial charge is 0.489 e. The van der Waals surface area contributed by atoms with E-state index >= 15 is 0 Å². The summed E-state index contributed by atoms with van der Waals surface area (Å²) in [4.78, 5) is 15.3. The van der Waals surface area contributed by atoms with Crippen LogP contribution in [0.25, 0.3) is 10.3 Å². The van der Waals surface area contributed by atoms with Gasteiger partial charge in [0.05, 0.1) is 10.9 Å². The Hall–Kier alpha value is -3.03. The summed E-state index contributed by atoms with van der Waals surface area (Å²) in [5.74, 6) is 1.65. The molecule has 0 bridgehead atoms. The van der Waals surface area contributed by atoms with Crippen molar-refractivity contribution < 1.29 is 9.47 Å². The number of nitrogens with zero attached hydrogens (tertiary/aromatic N) is 4. The molecule has 0 N–H and O–H groups in total. The van der Waals surface area contributed by atoms with Crippen LogP contribution >= 0.6 is 11.3 Å². The Morgan fingerprint density at radius 1 is 0.967 bits per heavy atom. The molecule has 7 heteroatoms. The first-order chi connectivity index (χ1) is 14.8. The van der Waals surface area contributed by atoms with E-state index in [0.717, 1.165) is 54.3 Å². The van der Waals surface area contributed by atoms with Crippen LogP contribution < -0.4 is 9.47 Å². The van der Waals surface area contributed by atoms with Crippen LogP contribution in [0.2, 0.25) is 0 Å². The minimum Gasteiger partial charge on any atom is -0.489 e. The zero-order chi connectivity index (χ0) is 20.2. The minimum absolute atomic E-state index is 0.268. The van der Waals surface area contributed by atoms with Gasteiger partial charge in [0.25, 0.3) is 5.19 Å². The quantitative estimate of drug-likeness (QED) is 0.443. The Kier molecular flexibility index (Phi) is 5.54. The van der Waals surface area contributed by atoms with Gasteiger partial charge in [-0.2, -0.15) is 4.98 Å². The third-order valence-corrected chi connectivity index (χ3v) is 6.04. The zero-order valence-electron chi connectivity index (χ0n) is 16.5. The molecule has 30 heavy (non-hydrogen) atoms. The number of pyridine rings is 2. The van der Waals surface area contributed by atoms with Gasteiger partial charge in [-0.05, 0) is 54.8 Å². The average Bonchev–Trinajstić information content (AvgIpc) is 3.19. The lowest BCUT2D eigenvalue weighted by molar-refractivity contribution is 0.0965. The van der Waals surface area contributed by atoms with Gasteiger partial charge in [-0.1, -0.05) is 23.5 Å². The SMILES string of the molecule is c1cncc(OC2CCN(Cc3ccc(Oc4nc5ncccc5s4)cc3)CC2)c1. The summed E-state index contributed by atoms with van der Waals surface area (Å²) in [5, 5.41) is 0.618. The van der Waals surface area contributed by atoms with Crippen molar-refractivity contribution in [1.82, 2.24) is 19.9 Å². The molecule has 0 amide bonds. The molecule has 0 radical (unpaired) electrons. The van der Waals surface area contributed by atoms with E-state index in [9.17, 15) is 0 Å². The van der Waals surface area contributed by atoms with E-state index < -0.39 is 0 Å². The molecular formula is C23H22N4O2S. The molecule has 1 saturated heterocycles. The van der Waals surface area contributed by atoms with E-state index in [2.05, 4.69) is 32.0 Å². The van der Waals surface area contributed by atoms with Crippen molar-refractivity contribution in [1.29, 1.82) is 0 Å². The molecule has 3 aromatic heterocycles. The second-order valence-electron chi connectivity index (χ2n) is 7.33. The van der Waals surface area contributed by atoms with Crippen LogP contribution in [0.5, 0.6) is 16.7 Å². The van der Waals surface area contributed by atoms with Crippen LogP contribution in [-0.2, 0) is 6.54 Å². The first kappa shape index (κ1) is 19.0. The summed E-state index contributed by atoms with van der Waals surface area (Å²) in [6.45, 7) is 2.99. The van der Waals surface area contributed by atoms with Crippen molar-refractivity contribution >= 4 is 21.7 Å². The summed E-state index contributed by atoms with van der Waals surface area (Å²) < 4.78 is 13.0. The maximum atomic E-state index is 6.03. The van der Waals surface area contributed by atoms with E-state index in [1.807, 2.05) is 36.4 Å². The molecule has 1 aliphatic heterocycles. The van der Waals surface area contributed by atoms with E-state index in [-0.39, 0.29) is 6.10 Å². The highest BCUT2D eigenvalue weighted by molar-refractivity contribution is 7.20. The van der Waals surface area contributed by atoms with E-state index in [4.69, 9.17) is 9.47 Å². The van der Waals surface area contributed by atoms with Crippen LogP contribution in [0.15, 0.2) is 67.1 Å². The summed E-state index contributed by atoms with van der Waals surface area (Å²) in [7, 11) is 0. The van der Waals surface area contributed by atoms with Crippen molar-refractivity contribution in [2.45, 2.75) is 25.5 Å². The van der Waals surface area contributed by atoms with Crippen LogP contribution in [-0.4, -0.2) is 39.0 Å². The van der Waals surface area contributed by atoms with E-state index in [0.29, 0.717) is 5.19 Å². The summed E-state index contributed by atoms with van der Waals surface area (Å²) >= 11 is 1.51. The highest BCUT2D eigenvalue weighted by Crippen LogP contribution is 2.30. The number of hydrogen-bond donors (Lipinski definition) is 0. The predicted molar refractivity (Wildman–Crippen MR) is 117 cm³/mol. The smallest absolute Gasteiger partial charge is 0.281 e. The van der Waals surface area contributed by atoms with Gasteiger partial charge in [-0.3, -0.25) is 9.88 Å². The summed E-state index contributed by atoms with van der Waals surface area (Å²) in [6.07, 6.45) is 7.62.